The van der Waals surface area contributed by atoms with Gasteiger partial charge in [0.05, 0.1) is 22.7 Å². The first-order valence-electron chi connectivity index (χ1n) is 11.8. The number of nitrogens with one attached hydrogen (secondary N) is 4. The van der Waals surface area contributed by atoms with Crippen LogP contribution in [0.3, 0.4) is 0 Å². The van der Waals surface area contributed by atoms with Crippen LogP contribution in [-0.4, -0.2) is 44.7 Å². The van der Waals surface area contributed by atoms with Crippen molar-refractivity contribution < 1.29 is 9.59 Å². The van der Waals surface area contributed by atoms with Gasteiger partial charge in [-0.05, 0) is 56.7 Å². The van der Waals surface area contributed by atoms with Gasteiger partial charge in [-0.2, -0.15) is 0 Å². The Labute approximate surface area is 201 Å². The van der Waals surface area contributed by atoms with Crippen LogP contribution < -0.4 is 21.6 Å². The number of hydrogen-bond donors (Lipinski definition) is 4. The molecule has 4 N–H and O–H groups in total. The normalized spacial score (nSPS) is 30.0. The van der Waals surface area contributed by atoms with Crippen molar-refractivity contribution in [2.75, 3.05) is 5.75 Å². The van der Waals surface area contributed by atoms with Crippen molar-refractivity contribution in [1.82, 2.24) is 25.5 Å². The molecule has 1 saturated heterocycles. The molecule has 0 spiro atoms. The van der Waals surface area contributed by atoms with Gasteiger partial charge in [0.2, 0.25) is 11.8 Å². The van der Waals surface area contributed by atoms with Crippen LogP contribution in [0.4, 0.5) is 0 Å². The Morgan fingerprint density at radius 2 is 1.91 bits per heavy atom. The van der Waals surface area contributed by atoms with Crippen LogP contribution in [0, 0.1) is 5.92 Å². The number of thioether (sulfide) groups is 1. The topological polar surface area (TPSA) is 108 Å². The molecule has 10 heteroatoms. The molecule has 2 heterocycles. The molecule has 5 rings (SSSR count). The van der Waals surface area contributed by atoms with Crippen LogP contribution >= 0.6 is 23.4 Å². The average molecular weight is 492 g/mol. The summed E-state index contributed by atoms with van der Waals surface area (Å²) in [4.78, 5) is 40.3. The standard InChI is InChI=1S/C23H30ClN5O3S/c24-13-5-10-19-18(11-13)27-23(32)29(19)15-8-6-14(7-9-15)25-20(30)12-33-22-26-17-4-2-1-3-16(17)21(31)28-22/h5,10-11,14-17,22,26H,1-4,6-9,12H2,(H,25,30)(H,27,32)(H,28,31). The number of amides is 2. The zero-order valence-corrected chi connectivity index (χ0v) is 20.0. The van der Waals surface area contributed by atoms with E-state index in [9.17, 15) is 14.4 Å². The minimum absolute atomic E-state index is 0.0100. The highest BCUT2D eigenvalue weighted by molar-refractivity contribution is 8.00. The second kappa shape index (κ2) is 9.72. The van der Waals surface area contributed by atoms with Gasteiger partial charge in [-0.25, -0.2) is 4.79 Å². The predicted octanol–water partition coefficient (Wildman–Crippen LogP) is 2.88. The van der Waals surface area contributed by atoms with Crippen molar-refractivity contribution in [3.05, 3.63) is 33.7 Å². The fourth-order valence-electron chi connectivity index (χ4n) is 5.58. The lowest BCUT2D eigenvalue weighted by Gasteiger charge is -2.39. The summed E-state index contributed by atoms with van der Waals surface area (Å²) in [7, 11) is 0. The quantitative estimate of drug-likeness (QED) is 0.514. The highest BCUT2D eigenvalue weighted by Gasteiger charge is 2.37. The molecule has 8 nitrogen and oxygen atoms in total. The maximum absolute atomic E-state index is 12.5. The van der Waals surface area contributed by atoms with E-state index in [1.807, 2.05) is 10.6 Å². The molecule has 2 aliphatic carbocycles. The molecule has 3 unspecified atom stereocenters. The maximum atomic E-state index is 12.5. The maximum Gasteiger partial charge on any atom is 0.326 e. The Hall–Kier alpha value is -1.97. The smallest absolute Gasteiger partial charge is 0.326 e. The van der Waals surface area contributed by atoms with Crippen molar-refractivity contribution in [1.29, 1.82) is 0 Å². The number of hydrogen-bond acceptors (Lipinski definition) is 5. The first-order chi connectivity index (χ1) is 16.0. The Morgan fingerprint density at radius 3 is 2.73 bits per heavy atom. The first-order valence-corrected chi connectivity index (χ1v) is 13.3. The molecule has 2 aromatic rings. The Kier molecular flexibility index (Phi) is 6.72. The number of aromatic nitrogens is 2. The Morgan fingerprint density at radius 1 is 1.12 bits per heavy atom. The van der Waals surface area contributed by atoms with Gasteiger partial charge >= 0.3 is 5.69 Å². The molecule has 178 valence electrons. The van der Waals surface area contributed by atoms with E-state index < -0.39 is 0 Å². The lowest BCUT2D eigenvalue weighted by atomic mass is 9.83. The zero-order chi connectivity index (χ0) is 22.9. The van der Waals surface area contributed by atoms with E-state index in [-0.39, 0.29) is 47.0 Å². The average Bonchev–Trinajstić information content (AvgIpc) is 3.13. The fourth-order valence-corrected chi connectivity index (χ4v) is 6.62. The number of rotatable bonds is 5. The molecule has 1 aromatic heterocycles. The van der Waals surface area contributed by atoms with Crippen LogP contribution in [0.5, 0.6) is 0 Å². The molecule has 2 amide bonds. The summed E-state index contributed by atoms with van der Waals surface area (Å²) in [5.74, 6) is 0.479. The number of fused-ring (bicyclic) bond motifs is 2. The third-order valence-corrected chi connectivity index (χ3v) is 8.48. The lowest BCUT2D eigenvalue weighted by Crippen LogP contribution is -2.61. The van der Waals surface area contributed by atoms with E-state index in [4.69, 9.17) is 11.6 Å². The van der Waals surface area contributed by atoms with E-state index in [2.05, 4.69) is 20.9 Å². The van der Waals surface area contributed by atoms with Crippen molar-refractivity contribution in [3.8, 4) is 0 Å². The van der Waals surface area contributed by atoms with Gasteiger partial charge in [-0.3, -0.25) is 19.5 Å². The number of nitrogens with zero attached hydrogens (tertiary/aromatic N) is 1. The van der Waals surface area contributed by atoms with Crippen LogP contribution in [0.25, 0.3) is 11.0 Å². The molecule has 1 aliphatic heterocycles. The summed E-state index contributed by atoms with van der Waals surface area (Å²) < 4.78 is 1.83. The van der Waals surface area contributed by atoms with Gasteiger partial charge in [0.15, 0.2) is 0 Å². The third kappa shape index (κ3) is 4.95. The Bertz CT molecular complexity index is 1090. The van der Waals surface area contributed by atoms with E-state index in [1.54, 1.807) is 12.1 Å². The van der Waals surface area contributed by atoms with Gasteiger partial charge in [-0.1, -0.05) is 24.4 Å². The van der Waals surface area contributed by atoms with Crippen molar-refractivity contribution in [3.63, 3.8) is 0 Å². The van der Waals surface area contributed by atoms with Crippen LogP contribution in [0.1, 0.15) is 57.4 Å². The van der Waals surface area contributed by atoms with E-state index in [1.165, 1.54) is 11.8 Å². The highest BCUT2D eigenvalue weighted by Crippen LogP contribution is 2.31. The number of halogens is 1. The molecular formula is C23H30ClN5O3S. The molecule has 3 aliphatic rings. The minimum Gasteiger partial charge on any atom is -0.353 e. The van der Waals surface area contributed by atoms with E-state index >= 15 is 0 Å². The number of aromatic amines is 1. The highest BCUT2D eigenvalue weighted by atomic mass is 35.5. The summed E-state index contributed by atoms with van der Waals surface area (Å²) in [6.07, 6.45) is 7.56. The number of carbonyl (C=O) groups is 2. The van der Waals surface area contributed by atoms with Gasteiger partial charge in [0.25, 0.3) is 0 Å². The van der Waals surface area contributed by atoms with E-state index in [0.29, 0.717) is 10.8 Å². The van der Waals surface area contributed by atoms with Gasteiger partial charge in [0.1, 0.15) is 5.50 Å². The van der Waals surface area contributed by atoms with Crippen LogP contribution in [0.15, 0.2) is 23.0 Å². The number of imidazole rings is 1. The number of carbonyl (C=O) groups excluding carboxylic acids is 2. The van der Waals surface area contributed by atoms with Crippen molar-refractivity contribution in [2.45, 2.75) is 75.0 Å². The van der Waals surface area contributed by atoms with Crippen LogP contribution in [-0.2, 0) is 9.59 Å². The minimum atomic E-state index is -0.208. The summed E-state index contributed by atoms with van der Waals surface area (Å²) in [6.45, 7) is 0. The van der Waals surface area contributed by atoms with Crippen molar-refractivity contribution >= 4 is 46.2 Å². The molecule has 2 saturated carbocycles. The largest absolute Gasteiger partial charge is 0.353 e. The Balaban J connectivity index is 1.10. The monoisotopic (exact) mass is 491 g/mol. The lowest BCUT2D eigenvalue weighted by molar-refractivity contribution is -0.129. The summed E-state index contributed by atoms with van der Waals surface area (Å²) in [5, 5.41) is 10.2. The van der Waals surface area contributed by atoms with Gasteiger partial charge < -0.3 is 15.6 Å². The molecule has 3 fully saturated rings. The molecule has 3 atom stereocenters. The van der Waals surface area contributed by atoms with Gasteiger partial charge in [-0.15, -0.1) is 11.8 Å². The number of benzene rings is 1. The second-order valence-corrected chi connectivity index (χ2v) is 10.9. The summed E-state index contributed by atoms with van der Waals surface area (Å²) in [5.41, 5.74) is 1.30. The fraction of sp³-hybridized carbons (Fsp3) is 0.609. The molecule has 0 bridgehead atoms. The number of H-pyrrole nitrogens is 1. The van der Waals surface area contributed by atoms with Gasteiger partial charge in [0, 0.05) is 23.1 Å². The predicted molar refractivity (Wildman–Crippen MR) is 130 cm³/mol. The molecule has 0 radical (unpaired) electrons. The molecule has 1 aromatic carbocycles. The summed E-state index contributed by atoms with van der Waals surface area (Å²) in [6, 6.07) is 5.91. The van der Waals surface area contributed by atoms with Crippen molar-refractivity contribution in [2.24, 2.45) is 5.92 Å². The third-order valence-electron chi connectivity index (χ3n) is 7.23. The first kappa shape index (κ1) is 22.8. The second-order valence-electron chi connectivity index (χ2n) is 9.40. The molecular weight excluding hydrogens is 462 g/mol. The van der Waals surface area contributed by atoms with E-state index in [0.717, 1.165) is 62.4 Å². The zero-order valence-electron chi connectivity index (χ0n) is 18.4. The molecule has 33 heavy (non-hydrogen) atoms. The van der Waals surface area contributed by atoms with Crippen LogP contribution in [0.2, 0.25) is 5.02 Å². The SMILES string of the molecule is O=C(CSC1NC(=O)C2CCCCC2N1)NC1CCC(n2c(=O)[nH]c3cc(Cl)ccc32)CC1. The summed E-state index contributed by atoms with van der Waals surface area (Å²) >= 11 is 7.49.